The summed E-state index contributed by atoms with van der Waals surface area (Å²) in [6.45, 7) is 0.775. The Hall–Kier alpha value is -2.23. The van der Waals surface area contributed by atoms with Gasteiger partial charge in [-0.2, -0.15) is 0 Å². The topological polar surface area (TPSA) is 37.4 Å². The van der Waals surface area contributed by atoms with Gasteiger partial charge >= 0.3 is 0 Å². The molecule has 1 aliphatic rings. The van der Waals surface area contributed by atoms with Gasteiger partial charge in [0.05, 0.1) is 19.0 Å². The Labute approximate surface area is 132 Å². The van der Waals surface area contributed by atoms with Crippen molar-refractivity contribution in [3.05, 3.63) is 47.7 Å². The quantitative estimate of drug-likeness (QED) is 0.883. The van der Waals surface area contributed by atoms with Gasteiger partial charge in [-0.15, -0.1) is 0 Å². The van der Waals surface area contributed by atoms with E-state index in [1.807, 2.05) is 31.3 Å². The molecule has 1 saturated carbocycles. The van der Waals surface area contributed by atoms with Gasteiger partial charge in [-0.05, 0) is 54.2 Å². The molecule has 1 N–H and O–H groups in total. The van der Waals surface area contributed by atoms with Gasteiger partial charge in [0, 0.05) is 20.6 Å². The van der Waals surface area contributed by atoms with E-state index in [0.717, 1.165) is 29.7 Å². The maximum Gasteiger partial charge on any atom is 0.126 e. The lowest BCUT2D eigenvalue weighted by atomic mass is 10.0. The molecule has 1 aliphatic carbocycles. The number of benzene rings is 1. The molecular weight excluding hydrogens is 274 g/mol. The lowest BCUT2D eigenvalue weighted by Gasteiger charge is -2.14. The second kappa shape index (κ2) is 6.26. The first-order valence-electron chi connectivity index (χ1n) is 7.71. The first-order chi connectivity index (χ1) is 10.7. The molecular formula is C18H23N3O. The van der Waals surface area contributed by atoms with Crippen molar-refractivity contribution in [3.63, 3.8) is 0 Å². The third-order valence-electron chi connectivity index (χ3n) is 4.09. The van der Waals surface area contributed by atoms with Crippen molar-refractivity contribution < 1.29 is 4.74 Å². The largest absolute Gasteiger partial charge is 0.497 e. The number of hydrogen-bond acceptors (Lipinski definition) is 4. The maximum absolute atomic E-state index is 5.36. The molecule has 0 saturated heterocycles. The minimum atomic E-state index is 0.729. The van der Waals surface area contributed by atoms with Crippen LogP contribution in [0.15, 0.2) is 36.5 Å². The van der Waals surface area contributed by atoms with E-state index >= 15 is 0 Å². The SMILES string of the molecule is COc1ccc(C2CC2)c(CNc2ccc(N(C)C)cn2)c1. The van der Waals surface area contributed by atoms with Crippen LogP contribution in [0.4, 0.5) is 11.5 Å². The number of nitrogens with zero attached hydrogens (tertiary/aromatic N) is 2. The fourth-order valence-corrected chi connectivity index (χ4v) is 2.60. The molecule has 4 heteroatoms. The number of methoxy groups -OCH3 is 1. The van der Waals surface area contributed by atoms with E-state index in [-0.39, 0.29) is 0 Å². The molecule has 22 heavy (non-hydrogen) atoms. The summed E-state index contributed by atoms with van der Waals surface area (Å²) in [6, 6.07) is 10.5. The van der Waals surface area contributed by atoms with Crippen LogP contribution in [0.1, 0.15) is 29.9 Å². The van der Waals surface area contributed by atoms with Gasteiger partial charge in [0.25, 0.3) is 0 Å². The van der Waals surface area contributed by atoms with Crippen molar-refractivity contribution in [3.8, 4) is 5.75 Å². The molecule has 0 atom stereocenters. The van der Waals surface area contributed by atoms with Crippen molar-refractivity contribution in [1.82, 2.24) is 4.98 Å². The summed E-state index contributed by atoms with van der Waals surface area (Å²) < 4.78 is 5.36. The summed E-state index contributed by atoms with van der Waals surface area (Å²) in [5.74, 6) is 2.54. The van der Waals surface area contributed by atoms with Crippen molar-refractivity contribution in [1.29, 1.82) is 0 Å². The Morgan fingerprint density at radius 3 is 2.64 bits per heavy atom. The van der Waals surface area contributed by atoms with Gasteiger partial charge in [-0.25, -0.2) is 4.98 Å². The molecule has 0 unspecified atom stereocenters. The van der Waals surface area contributed by atoms with Crippen molar-refractivity contribution in [2.75, 3.05) is 31.4 Å². The highest BCUT2D eigenvalue weighted by Gasteiger charge is 2.26. The van der Waals surface area contributed by atoms with Crippen LogP contribution in [-0.2, 0) is 6.54 Å². The number of rotatable bonds is 6. The van der Waals surface area contributed by atoms with Crippen LogP contribution in [0.5, 0.6) is 5.75 Å². The second-order valence-electron chi connectivity index (χ2n) is 5.99. The fraction of sp³-hybridized carbons (Fsp3) is 0.389. The van der Waals surface area contributed by atoms with Crippen LogP contribution >= 0.6 is 0 Å². The second-order valence-corrected chi connectivity index (χ2v) is 5.99. The smallest absolute Gasteiger partial charge is 0.126 e. The van der Waals surface area contributed by atoms with Gasteiger partial charge < -0.3 is 15.0 Å². The number of pyridine rings is 1. The molecule has 0 spiro atoms. The number of hydrogen-bond donors (Lipinski definition) is 1. The molecule has 1 aromatic carbocycles. The Balaban J connectivity index is 1.72. The van der Waals surface area contributed by atoms with E-state index in [2.05, 4.69) is 34.6 Å². The lowest BCUT2D eigenvalue weighted by molar-refractivity contribution is 0.414. The highest BCUT2D eigenvalue weighted by atomic mass is 16.5. The highest BCUT2D eigenvalue weighted by Crippen LogP contribution is 2.42. The Kier molecular flexibility index (Phi) is 4.18. The molecule has 1 fully saturated rings. The summed E-state index contributed by atoms with van der Waals surface area (Å²) in [5, 5.41) is 3.42. The van der Waals surface area contributed by atoms with Crippen molar-refractivity contribution in [2.45, 2.75) is 25.3 Å². The van der Waals surface area contributed by atoms with E-state index in [1.54, 1.807) is 7.11 Å². The molecule has 1 heterocycles. The van der Waals surface area contributed by atoms with Crippen LogP contribution in [0.2, 0.25) is 0 Å². The molecule has 0 amide bonds. The predicted molar refractivity (Wildman–Crippen MR) is 90.9 cm³/mol. The first-order valence-corrected chi connectivity index (χ1v) is 7.71. The monoisotopic (exact) mass is 297 g/mol. The summed E-state index contributed by atoms with van der Waals surface area (Å²) in [6.07, 6.45) is 4.49. The predicted octanol–water partition coefficient (Wildman–Crippen LogP) is 3.65. The first kappa shape index (κ1) is 14.7. The molecule has 1 aromatic heterocycles. The minimum absolute atomic E-state index is 0.729. The molecule has 0 radical (unpaired) electrons. The average molecular weight is 297 g/mol. The third-order valence-corrected chi connectivity index (χ3v) is 4.09. The van der Waals surface area contributed by atoms with Crippen LogP contribution in [0.25, 0.3) is 0 Å². The Bertz CT molecular complexity index is 633. The zero-order chi connectivity index (χ0) is 15.5. The highest BCUT2D eigenvalue weighted by molar-refractivity contribution is 5.49. The van der Waals surface area contributed by atoms with E-state index < -0.39 is 0 Å². The fourth-order valence-electron chi connectivity index (χ4n) is 2.60. The minimum Gasteiger partial charge on any atom is -0.497 e. The Morgan fingerprint density at radius 1 is 1.23 bits per heavy atom. The van der Waals surface area contributed by atoms with E-state index in [0.29, 0.717) is 0 Å². The van der Waals surface area contributed by atoms with Gasteiger partial charge in [-0.1, -0.05) is 6.07 Å². The third kappa shape index (κ3) is 3.32. The Morgan fingerprint density at radius 2 is 2.05 bits per heavy atom. The van der Waals surface area contributed by atoms with Crippen molar-refractivity contribution in [2.24, 2.45) is 0 Å². The van der Waals surface area contributed by atoms with Crippen molar-refractivity contribution >= 4 is 11.5 Å². The molecule has 0 bridgehead atoms. The molecule has 2 aromatic rings. The normalized spacial score (nSPS) is 13.8. The zero-order valence-electron chi connectivity index (χ0n) is 13.5. The summed E-state index contributed by atoms with van der Waals surface area (Å²) >= 11 is 0. The zero-order valence-corrected chi connectivity index (χ0v) is 13.5. The number of aromatic nitrogens is 1. The average Bonchev–Trinajstić information content (AvgIpc) is 3.37. The van der Waals surface area contributed by atoms with Gasteiger partial charge in [0.15, 0.2) is 0 Å². The van der Waals surface area contributed by atoms with E-state index in [9.17, 15) is 0 Å². The molecule has 0 aliphatic heterocycles. The van der Waals surface area contributed by atoms with Gasteiger partial charge in [0.2, 0.25) is 0 Å². The van der Waals surface area contributed by atoms with Crippen LogP contribution in [-0.4, -0.2) is 26.2 Å². The van der Waals surface area contributed by atoms with E-state index in [1.165, 1.54) is 24.0 Å². The number of ether oxygens (including phenoxy) is 1. The molecule has 116 valence electrons. The summed E-state index contributed by atoms with van der Waals surface area (Å²) in [4.78, 5) is 6.51. The molecule has 3 rings (SSSR count). The molecule has 4 nitrogen and oxygen atoms in total. The van der Waals surface area contributed by atoms with Crippen LogP contribution < -0.4 is 15.0 Å². The van der Waals surface area contributed by atoms with E-state index in [4.69, 9.17) is 4.74 Å². The maximum atomic E-state index is 5.36. The van der Waals surface area contributed by atoms with Gasteiger partial charge in [-0.3, -0.25) is 0 Å². The van der Waals surface area contributed by atoms with Gasteiger partial charge in [0.1, 0.15) is 11.6 Å². The number of anilines is 2. The van der Waals surface area contributed by atoms with Crippen LogP contribution in [0, 0.1) is 0 Å². The number of nitrogens with one attached hydrogen (secondary N) is 1. The summed E-state index contributed by atoms with van der Waals surface area (Å²) in [7, 11) is 5.75. The summed E-state index contributed by atoms with van der Waals surface area (Å²) in [5.41, 5.74) is 3.85. The van der Waals surface area contributed by atoms with Crippen LogP contribution in [0.3, 0.4) is 0 Å². The standard InChI is InChI=1S/C18H23N3O/c1-21(2)15-6-9-18(20-12-15)19-11-14-10-16(22-3)7-8-17(14)13-4-5-13/h6-10,12-13H,4-5,11H2,1-3H3,(H,19,20). The lowest BCUT2D eigenvalue weighted by Crippen LogP contribution is -2.09.